The highest BCUT2D eigenvalue weighted by Crippen LogP contribution is 2.38. The number of nitrogens with zero attached hydrogens (tertiary/aromatic N) is 3. The molecule has 136 valence electrons. The van der Waals surface area contributed by atoms with Gasteiger partial charge in [0.15, 0.2) is 0 Å². The largest absolute Gasteiger partial charge is 0.360 e. The van der Waals surface area contributed by atoms with Crippen molar-refractivity contribution < 1.29 is 0 Å². The highest BCUT2D eigenvalue weighted by molar-refractivity contribution is 9.10. The number of anilines is 1. The lowest BCUT2D eigenvalue weighted by atomic mass is 9.97. The number of fused-ring (bicyclic) bond motifs is 2. The minimum absolute atomic E-state index is 0.00540. The van der Waals surface area contributed by atoms with Crippen LogP contribution in [0.5, 0.6) is 0 Å². The SMILES string of the molecule is CC(C)(C)N1c2nc(-c3c[nH]c4ccc(Br)cc34)cc(=O)n2CC1(C)C. The minimum Gasteiger partial charge on any atom is -0.360 e. The molecule has 3 heterocycles. The van der Waals surface area contributed by atoms with E-state index in [1.54, 1.807) is 10.6 Å². The molecule has 0 spiro atoms. The molecule has 0 unspecified atom stereocenters. The lowest BCUT2D eigenvalue weighted by molar-refractivity contribution is 0.363. The van der Waals surface area contributed by atoms with E-state index in [0.29, 0.717) is 12.2 Å². The first kappa shape index (κ1) is 17.3. The molecule has 0 fully saturated rings. The Balaban J connectivity index is 1.96. The molecule has 1 aromatic carbocycles. The third kappa shape index (κ3) is 2.58. The van der Waals surface area contributed by atoms with E-state index in [9.17, 15) is 4.79 Å². The highest BCUT2D eigenvalue weighted by atomic mass is 79.9. The van der Waals surface area contributed by atoms with Gasteiger partial charge in [0.2, 0.25) is 5.95 Å². The molecule has 0 amide bonds. The van der Waals surface area contributed by atoms with Gasteiger partial charge in [-0.1, -0.05) is 15.9 Å². The highest BCUT2D eigenvalue weighted by Gasteiger charge is 2.43. The molecule has 1 N–H and O–H groups in total. The Kier molecular flexibility index (Phi) is 3.64. The van der Waals surface area contributed by atoms with E-state index in [4.69, 9.17) is 4.98 Å². The van der Waals surface area contributed by atoms with E-state index in [-0.39, 0.29) is 16.6 Å². The topological polar surface area (TPSA) is 53.9 Å². The van der Waals surface area contributed by atoms with E-state index in [2.05, 4.69) is 66.5 Å². The molecule has 4 rings (SSSR count). The summed E-state index contributed by atoms with van der Waals surface area (Å²) < 4.78 is 2.79. The number of hydrogen-bond acceptors (Lipinski definition) is 3. The first-order valence-corrected chi connectivity index (χ1v) is 9.56. The van der Waals surface area contributed by atoms with Crippen molar-refractivity contribution in [3.8, 4) is 11.3 Å². The molecule has 0 radical (unpaired) electrons. The number of hydrogen-bond donors (Lipinski definition) is 1. The maximum absolute atomic E-state index is 12.9. The van der Waals surface area contributed by atoms with Crippen LogP contribution >= 0.6 is 15.9 Å². The number of aromatic amines is 1. The summed E-state index contributed by atoms with van der Waals surface area (Å²) in [5.74, 6) is 0.745. The van der Waals surface area contributed by atoms with Crippen molar-refractivity contribution in [3.63, 3.8) is 0 Å². The van der Waals surface area contributed by atoms with Crippen LogP contribution in [-0.4, -0.2) is 25.6 Å². The van der Waals surface area contributed by atoms with Gasteiger partial charge in [-0.15, -0.1) is 0 Å². The maximum Gasteiger partial charge on any atom is 0.255 e. The van der Waals surface area contributed by atoms with Crippen LogP contribution in [-0.2, 0) is 6.54 Å². The zero-order chi connectivity index (χ0) is 18.9. The predicted octanol–water partition coefficient (Wildman–Crippen LogP) is 4.55. The van der Waals surface area contributed by atoms with Gasteiger partial charge in [-0.3, -0.25) is 9.36 Å². The molecular formula is C20H23BrN4O. The Morgan fingerprint density at radius 3 is 2.65 bits per heavy atom. The van der Waals surface area contributed by atoms with Crippen LogP contribution in [0.2, 0.25) is 0 Å². The van der Waals surface area contributed by atoms with Crippen molar-refractivity contribution in [2.45, 2.75) is 52.2 Å². The number of halogens is 1. The number of nitrogens with one attached hydrogen (secondary N) is 1. The van der Waals surface area contributed by atoms with Crippen LogP contribution < -0.4 is 10.5 Å². The second kappa shape index (κ2) is 5.46. The molecule has 0 saturated carbocycles. The quantitative estimate of drug-likeness (QED) is 0.635. The zero-order valence-corrected chi connectivity index (χ0v) is 17.3. The Hall–Kier alpha value is -2.08. The molecule has 0 bridgehead atoms. The molecule has 0 saturated heterocycles. The molecule has 2 aromatic heterocycles. The van der Waals surface area contributed by atoms with Crippen LogP contribution in [0.15, 0.2) is 39.7 Å². The first-order chi connectivity index (χ1) is 12.1. The monoisotopic (exact) mass is 414 g/mol. The van der Waals surface area contributed by atoms with Crippen molar-refractivity contribution in [1.82, 2.24) is 14.5 Å². The van der Waals surface area contributed by atoms with Gasteiger partial charge in [-0.2, -0.15) is 0 Å². The summed E-state index contributed by atoms with van der Waals surface area (Å²) in [6.07, 6.45) is 1.93. The van der Waals surface area contributed by atoms with Gasteiger partial charge in [0.25, 0.3) is 5.56 Å². The Morgan fingerprint density at radius 2 is 1.96 bits per heavy atom. The standard InChI is InChI=1S/C20H23BrN4O/c1-19(2,3)25-18-23-16(9-17(26)24(18)11-20(25,4)5)14-10-22-15-7-6-12(21)8-13(14)15/h6-10,22H,11H2,1-5H3. The molecule has 5 nitrogen and oxygen atoms in total. The summed E-state index contributed by atoms with van der Waals surface area (Å²) in [7, 11) is 0. The average molecular weight is 415 g/mol. The van der Waals surface area contributed by atoms with Crippen molar-refractivity contribution in [2.24, 2.45) is 0 Å². The Bertz CT molecular complexity index is 1070. The van der Waals surface area contributed by atoms with Crippen molar-refractivity contribution in [2.75, 3.05) is 4.90 Å². The normalized spacial score (nSPS) is 16.3. The van der Waals surface area contributed by atoms with Crippen LogP contribution in [0.1, 0.15) is 34.6 Å². The number of rotatable bonds is 1. The number of benzene rings is 1. The number of aromatic nitrogens is 3. The van der Waals surface area contributed by atoms with Gasteiger partial charge in [0, 0.05) is 38.7 Å². The zero-order valence-electron chi connectivity index (χ0n) is 15.7. The lowest BCUT2D eigenvalue weighted by Crippen LogP contribution is -2.52. The fourth-order valence-electron chi connectivity index (χ4n) is 4.19. The summed E-state index contributed by atoms with van der Waals surface area (Å²) in [5, 5.41) is 1.05. The van der Waals surface area contributed by atoms with Crippen molar-refractivity contribution in [1.29, 1.82) is 0 Å². The van der Waals surface area contributed by atoms with Crippen molar-refractivity contribution in [3.05, 3.63) is 45.3 Å². The summed E-state index contributed by atoms with van der Waals surface area (Å²) in [6, 6.07) is 7.72. The smallest absolute Gasteiger partial charge is 0.255 e. The van der Waals surface area contributed by atoms with Crippen molar-refractivity contribution >= 4 is 32.8 Å². The van der Waals surface area contributed by atoms with Gasteiger partial charge < -0.3 is 9.88 Å². The summed E-state index contributed by atoms with van der Waals surface area (Å²) in [6.45, 7) is 11.4. The molecule has 0 aliphatic carbocycles. The van der Waals surface area contributed by atoms with Gasteiger partial charge >= 0.3 is 0 Å². The lowest BCUT2D eigenvalue weighted by Gasteiger charge is -2.42. The van der Waals surface area contributed by atoms with Crippen LogP contribution in [0, 0.1) is 0 Å². The van der Waals surface area contributed by atoms with E-state index in [1.807, 2.05) is 18.3 Å². The third-order valence-corrected chi connectivity index (χ3v) is 5.42. The van der Waals surface area contributed by atoms with Gasteiger partial charge in [0.1, 0.15) is 0 Å². The van der Waals surface area contributed by atoms with Crippen LogP contribution in [0.3, 0.4) is 0 Å². The second-order valence-electron chi connectivity index (χ2n) is 8.58. The fraction of sp³-hybridized carbons (Fsp3) is 0.400. The summed E-state index contributed by atoms with van der Waals surface area (Å²) >= 11 is 3.53. The molecule has 26 heavy (non-hydrogen) atoms. The van der Waals surface area contributed by atoms with Gasteiger partial charge in [-0.05, 0) is 52.8 Å². The van der Waals surface area contributed by atoms with E-state index < -0.39 is 0 Å². The molecule has 0 atom stereocenters. The Labute approximate surface area is 161 Å². The number of H-pyrrole nitrogens is 1. The summed E-state index contributed by atoms with van der Waals surface area (Å²) in [4.78, 5) is 23.3. The molecular weight excluding hydrogens is 392 g/mol. The average Bonchev–Trinajstić information content (AvgIpc) is 3.03. The summed E-state index contributed by atoms with van der Waals surface area (Å²) in [5.41, 5.74) is 2.37. The fourth-order valence-corrected chi connectivity index (χ4v) is 4.55. The van der Waals surface area contributed by atoms with E-state index >= 15 is 0 Å². The maximum atomic E-state index is 12.9. The molecule has 1 aliphatic rings. The molecule has 6 heteroatoms. The minimum atomic E-state index is -0.167. The molecule has 3 aromatic rings. The van der Waals surface area contributed by atoms with Crippen LogP contribution in [0.25, 0.3) is 22.2 Å². The van der Waals surface area contributed by atoms with E-state index in [0.717, 1.165) is 26.9 Å². The first-order valence-electron chi connectivity index (χ1n) is 8.77. The predicted molar refractivity (Wildman–Crippen MR) is 110 cm³/mol. The molecule has 1 aliphatic heterocycles. The van der Waals surface area contributed by atoms with Crippen LogP contribution in [0.4, 0.5) is 5.95 Å². The van der Waals surface area contributed by atoms with E-state index in [1.165, 1.54) is 0 Å². The third-order valence-electron chi connectivity index (χ3n) is 4.93. The Morgan fingerprint density at radius 1 is 1.23 bits per heavy atom. The van der Waals surface area contributed by atoms with Gasteiger partial charge in [0.05, 0.1) is 17.8 Å². The second-order valence-corrected chi connectivity index (χ2v) is 9.49. The van der Waals surface area contributed by atoms with Gasteiger partial charge in [-0.25, -0.2) is 4.98 Å².